The number of ketones is 1. The van der Waals surface area contributed by atoms with Gasteiger partial charge in [-0.2, -0.15) is 0 Å². The van der Waals surface area contributed by atoms with Gasteiger partial charge in [-0.05, 0) is 48.6 Å². The van der Waals surface area contributed by atoms with Crippen LogP contribution in [0.1, 0.15) is 35.4 Å². The SMILES string of the molecule is CCCN1C(=O)C(=O)/C(=C(\O)c2ccc(Cl)c(Cl)c2)C1c1sccc1C. The Bertz CT molecular complexity index is 919. The van der Waals surface area contributed by atoms with Gasteiger partial charge in [0.15, 0.2) is 0 Å². The standard InChI is InChI=1S/C19H17Cl2NO3S/c1-3-7-22-15(18-10(2)6-8-26-18)14(17(24)19(22)25)16(23)11-4-5-12(20)13(21)9-11/h4-6,8-9,15,23H,3,7H2,1-2H3/b16-14-. The molecule has 1 fully saturated rings. The molecule has 4 nitrogen and oxygen atoms in total. The highest BCUT2D eigenvalue weighted by Crippen LogP contribution is 2.42. The van der Waals surface area contributed by atoms with E-state index in [4.69, 9.17) is 23.2 Å². The Kier molecular flexibility index (Phi) is 5.42. The first-order valence-corrected chi connectivity index (χ1v) is 9.78. The number of Topliss-reactive ketones (excluding diaryl/α,β-unsaturated/α-hetero) is 1. The number of benzene rings is 1. The van der Waals surface area contributed by atoms with Crippen LogP contribution in [0.15, 0.2) is 35.2 Å². The van der Waals surface area contributed by atoms with Crippen molar-refractivity contribution < 1.29 is 14.7 Å². The number of aliphatic hydroxyl groups excluding tert-OH is 1. The number of likely N-dealkylation sites (tertiary alicyclic amines) is 1. The van der Waals surface area contributed by atoms with Gasteiger partial charge in [-0.25, -0.2) is 0 Å². The summed E-state index contributed by atoms with van der Waals surface area (Å²) < 4.78 is 0. The first-order valence-electron chi connectivity index (χ1n) is 8.14. The van der Waals surface area contributed by atoms with Gasteiger partial charge in [0, 0.05) is 17.0 Å². The maximum Gasteiger partial charge on any atom is 0.295 e. The highest BCUT2D eigenvalue weighted by molar-refractivity contribution is 7.10. The third-order valence-corrected chi connectivity index (χ3v) is 6.16. The Morgan fingerprint density at radius 2 is 1.96 bits per heavy atom. The third-order valence-electron chi connectivity index (χ3n) is 4.35. The molecule has 1 aliphatic heterocycles. The second kappa shape index (κ2) is 7.43. The van der Waals surface area contributed by atoms with Crippen molar-refractivity contribution in [3.05, 3.63) is 61.3 Å². The van der Waals surface area contributed by atoms with Gasteiger partial charge in [-0.15, -0.1) is 11.3 Å². The first-order chi connectivity index (χ1) is 12.4. The normalized spacial score (nSPS) is 19.4. The Balaban J connectivity index is 2.21. The number of rotatable bonds is 4. The van der Waals surface area contributed by atoms with Crippen LogP contribution in [-0.4, -0.2) is 28.2 Å². The lowest BCUT2D eigenvalue weighted by molar-refractivity contribution is -0.139. The summed E-state index contributed by atoms with van der Waals surface area (Å²) in [4.78, 5) is 27.7. The second-order valence-electron chi connectivity index (χ2n) is 6.09. The van der Waals surface area contributed by atoms with Gasteiger partial charge in [0.05, 0.1) is 21.7 Å². The van der Waals surface area contributed by atoms with Crippen molar-refractivity contribution in [1.29, 1.82) is 0 Å². The molecule has 1 unspecified atom stereocenters. The molecule has 1 aromatic heterocycles. The number of aryl methyl sites for hydroxylation is 1. The Morgan fingerprint density at radius 3 is 2.54 bits per heavy atom. The van der Waals surface area contributed by atoms with E-state index in [1.165, 1.54) is 22.3 Å². The Labute approximate surface area is 165 Å². The molecule has 0 radical (unpaired) electrons. The van der Waals surface area contributed by atoms with Crippen molar-refractivity contribution in [3.63, 3.8) is 0 Å². The summed E-state index contributed by atoms with van der Waals surface area (Å²) in [5.74, 6) is -1.51. The molecule has 136 valence electrons. The minimum atomic E-state index is -0.681. The first kappa shape index (κ1) is 19.0. The van der Waals surface area contributed by atoms with Gasteiger partial charge in [0.25, 0.3) is 11.7 Å². The number of hydrogen-bond donors (Lipinski definition) is 1. The zero-order chi connectivity index (χ0) is 19.0. The number of carbonyl (C=O) groups is 2. The summed E-state index contributed by atoms with van der Waals surface area (Å²) in [6, 6.07) is 5.96. The van der Waals surface area contributed by atoms with Crippen LogP contribution in [-0.2, 0) is 9.59 Å². The number of hydrogen-bond acceptors (Lipinski definition) is 4. The summed E-state index contributed by atoms with van der Waals surface area (Å²) in [5.41, 5.74) is 1.42. The van der Waals surface area contributed by atoms with E-state index in [0.717, 1.165) is 10.4 Å². The lowest BCUT2D eigenvalue weighted by Crippen LogP contribution is -2.30. The number of halogens is 2. The molecule has 3 rings (SSSR count). The van der Waals surface area contributed by atoms with E-state index in [1.54, 1.807) is 12.1 Å². The minimum Gasteiger partial charge on any atom is -0.507 e. The van der Waals surface area contributed by atoms with Crippen LogP contribution in [0.4, 0.5) is 0 Å². The molecule has 26 heavy (non-hydrogen) atoms. The molecule has 1 saturated heterocycles. The van der Waals surface area contributed by atoms with Crippen molar-refractivity contribution in [2.45, 2.75) is 26.3 Å². The summed E-state index contributed by atoms with van der Waals surface area (Å²) >= 11 is 13.4. The summed E-state index contributed by atoms with van der Waals surface area (Å²) in [6.45, 7) is 4.30. The molecule has 2 aromatic rings. The second-order valence-corrected chi connectivity index (χ2v) is 7.85. The lowest BCUT2D eigenvalue weighted by Gasteiger charge is -2.24. The van der Waals surface area contributed by atoms with Crippen LogP contribution in [0.2, 0.25) is 10.0 Å². The van der Waals surface area contributed by atoms with Crippen molar-refractivity contribution >= 4 is 52.0 Å². The predicted molar refractivity (Wildman–Crippen MR) is 105 cm³/mol. The number of thiophene rings is 1. The van der Waals surface area contributed by atoms with Crippen LogP contribution in [0.3, 0.4) is 0 Å². The van der Waals surface area contributed by atoms with E-state index in [-0.39, 0.29) is 16.4 Å². The van der Waals surface area contributed by atoms with E-state index < -0.39 is 17.7 Å². The Hall–Kier alpha value is -1.82. The van der Waals surface area contributed by atoms with Gasteiger partial charge in [0.2, 0.25) is 0 Å². The fraction of sp³-hybridized carbons (Fsp3) is 0.263. The van der Waals surface area contributed by atoms with E-state index in [9.17, 15) is 14.7 Å². The van der Waals surface area contributed by atoms with Crippen LogP contribution in [0.5, 0.6) is 0 Å². The number of aliphatic hydroxyl groups is 1. The van der Waals surface area contributed by atoms with Gasteiger partial charge < -0.3 is 10.0 Å². The highest BCUT2D eigenvalue weighted by atomic mass is 35.5. The summed E-state index contributed by atoms with van der Waals surface area (Å²) in [7, 11) is 0. The monoisotopic (exact) mass is 409 g/mol. The quantitative estimate of drug-likeness (QED) is 0.429. The number of amides is 1. The molecule has 0 spiro atoms. The molecule has 1 amide bonds. The van der Waals surface area contributed by atoms with Crippen molar-refractivity contribution in [2.75, 3.05) is 6.54 Å². The molecular weight excluding hydrogens is 393 g/mol. The fourth-order valence-electron chi connectivity index (χ4n) is 3.09. The van der Waals surface area contributed by atoms with E-state index in [2.05, 4.69) is 0 Å². The Morgan fingerprint density at radius 1 is 1.23 bits per heavy atom. The number of nitrogens with zero attached hydrogens (tertiary/aromatic N) is 1. The van der Waals surface area contributed by atoms with E-state index >= 15 is 0 Å². The van der Waals surface area contributed by atoms with Crippen LogP contribution in [0.25, 0.3) is 5.76 Å². The number of carbonyl (C=O) groups excluding carboxylic acids is 2. The zero-order valence-corrected chi connectivity index (χ0v) is 16.6. The van der Waals surface area contributed by atoms with Crippen LogP contribution >= 0.6 is 34.5 Å². The van der Waals surface area contributed by atoms with Crippen molar-refractivity contribution in [1.82, 2.24) is 4.90 Å². The third kappa shape index (κ3) is 3.15. The topological polar surface area (TPSA) is 57.6 Å². The average Bonchev–Trinajstić information content (AvgIpc) is 3.13. The minimum absolute atomic E-state index is 0.0902. The molecule has 2 heterocycles. The van der Waals surface area contributed by atoms with Crippen LogP contribution in [0, 0.1) is 6.92 Å². The predicted octanol–water partition coefficient (Wildman–Crippen LogP) is 5.20. The van der Waals surface area contributed by atoms with E-state index in [0.29, 0.717) is 23.6 Å². The molecule has 0 aliphatic carbocycles. The van der Waals surface area contributed by atoms with Crippen molar-refractivity contribution in [3.8, 4) is 0 Å². The average molecular weight is 410 g/mol. The van der Waals surface area contributed by atoms with Gasteiger partial charge >= 0.3 is 0 Å². The maximum atomic E-state index is 12.7. The lowest BCUT2D eigenvalue weighted by atomic mass is 9.98. The van der Waals surface area contributed by atoms with E-state index in [1.807, 2.05) is 25.3 Å². The van der Waals surface area contributed by atoms with Gasteiger partial charge in [-0.3, -0.25) is 9.59 Å². The van der Waals surface area contributed by atoms with Gasteiger partial charge in [0.1, 0.15) is 5.76 Å². The molecule has 1 aromatic carbocycles. The molecule has 1 N–H and O–H groups in total. The van der Waals surface area contributed by atoms with Gasteiger partial charge in [-0.1, -0.05) is 30.1 Å². The smallest absolute Gasteiger partial charge is 0.295 e. The molecular formula is C19H17Cl2NO3S. The van der Waals surface area contributed by atoms with Crippen LogP contribution < -0.4 is 0 Å². The summed E-state index contributed by atoms with van der Waals surface area (Å²) in [6.07, 6.45) is 0.709. The molecule has 1 atom stereocenters. The molecule has 0 saturated carbocycles. The molecule has 0 bridgehead atoms. The largest absolute Gasteiger partial charge is 0.507 e. The zero-order valence-electron chi connectivity index (χ0n) is 14.3. The van der Waals surface area contributed by atoms with Crippen molar-refractivity contribution in [2.24, 2.45) is 0 Å². The highest BCUT2D eigenvalue weighted by Gasteiger charge is 2.46. The summed E-state index contributed by atoms with van der Waals surface area (Å²) in [5, 5.41) is 13.4. The fourth-order valence-corrected chi connectivity index (χ4v) is 4.43. The molecule has 7 heteroatoms. The maximum absolute atomic E-state index is 12.7. The molecule has 1 aliphatic rings.